The number of nitrogens with one attached hydrogen (secondary N) is 1. The lowest BCUT2D eigenvalue weighted by molar-refractivity contribution is 0.0435. The Morgan fingerprint density at radius 2 is 2.21 bits per heavy atom. The first kappa shape index (κ1) is 11.5. The molecule has 1 N–H and O–H groups in total. The maximum absolute atomic E-state index is 5.32. The summed E-state index contributed by atoms with van der Waals surface area (Å²) in [6.45, 7) is 4.52. The van der Waals surface area contributed by atoms with E-state index < -0.39 is 0 Å². The van der Waals surface area contributed by atoms with E-state index in [0.29, 0.717) is 12.6 Å². The van der Waals surface area contributed by atoms with Crippen molar-refractivity contribution < 1.29 is 4.74 Å². The third-order valence-electron chi connectivity index (χ3n) is 2.68. The summed E-state index contributed by atoms with van der Waals surface area (Å²) in [6.07, 6.45) is 7.46. The summed E-state index contributed by atoms with van der Waals surface area (Å²) in [5, 5.41) is 3.20. The van der Waals surface area contributed by atoms with E-state index in [2.05, 4.69) is 23.2 Å². The molecule has 0 aromatic heterocycles. The second kappa shape index (κ2) is 6.83. The molecule has 80 valence electrons. The fraction of sp³-hybridized carbons (Fsp3) is 0.818. The van der Waals surface area contributed by atoms with Crippen LogP contribution in [0.5, 0.6) is 0 Å². The van der Waals surface area contributed by atoms with Crippen LogP contribution in [-0.4, -0.2) is 50.8 Å². The normalized spacial score (nSPS) is 18.4. The van der Waals surface area contributed by atoms with E-state index in [1.54, 1.807) is 0 Å². The van der Waals surface area contributed by atoms with Gasteiger partial charge in [-0.15, -0.1) is 6.42 Å². The highest BCUT2D eigenvalue weighted by Gasteiger charge is 2.17. The van der Waals surface area contributed by atoms with Crippen molar-refractivity contribution in [3.8, 4) is 12.3 Å². The van der Waals surface area contributed by atoms with Crippen LogP contribution in [0.15, 0.2) is 0 Å². The lowest BCUT2D eigenvalue weighted by Crippen LogP contribution is -2.40. The van der Waals surface area contributed by atoms with Crippen molar-refractivity contribution in [1.82, 2.24) is 10.2 Å². The second-order valence-electron chi connectivity index (χ2n) is 3.71. The van der Waals surface area contributed by atoms with Crippen LogP contribution in [-0.2, 0) is 4.74 Å². The zero-order valence-electron chi connectivity index (χ0n) is 8.96. The molecular formula is C11H20N2O. The standard InChI is InChI=1S/C11H20N2O/c1-3-6-12-7-8-13(2)11-4-9-14-10-5-11/h1,11-12H,4-10H2,2H3. The van der Waals surface area contributed by atoms with Gasteiger partial charge >= 0.3 is 0 Å². The van der Waals surface area contributed by atoms with Crippen LogP contribution in [0, 0.1) is 12.3 Å². The van der Waals surface area contributed by atoms with Gasteiger partial charge in [0.2, 0.25) is 0 Å². The second-order valence-corrected chi connectivity index (χ2v) is 3.71. The number of terminal acetylenes is 1. The Labute approximate surface area is 86.8 Å². The van der Waals surface area contributed by atoms with Crippen molar-refractivity contribution in [3.05, 3.63) is 0 Å². The van der Waals surface area contributed by atoms with Gasteiger partial charge in [-0.2, -0.15) is 0 Å². The van der Waals surface area contributed by atoms with Gasteiger partial charge in [-0.3, -0.25) is 0 Å². The van der Waals surface area contributed by atoms with Crippen molar-refractivity contribution in [2.45, 2.75) is 18.9 Å². The smallest absolute Gasteiger partial charge is 0.0574 e. The van der Waals surface area contributed by atoms with E-state index in [1.807, 2.05) is 0 Å². The Morgan fingerprint density at radius 3 is 2.86 bits per heavy atom. The van der Waals surface area contributed by atoms with E-state index in [9.17, 15) is 0 Å². The monoisotopic (exact) mass is 196 g/mol. The predicted molar refractivity (Wildman–Crippen MR) is 58.2 cm³/mol. The van der Waals surface area contributed by atoms with Gasteiger partial charge in [-0.25, -0.2) is 0 Å². The molecule has 0 unspecified atom stereocenters. The first-order valence-electron chi connectivity index (χ1n) is 5.26. The minimum Gasteiger partial charge on any atom is -0.381 e. The summed E-state index contributed by atoms with van der Waals surface area (Å²) in [4.78, 5) is 2.39. The zero-order chi connectivity index (χ0) is 10.2. The van der Waals surface area contributed by atoms with Crippen LogP contribution in [0.1, 0.15) is 12.8 Å². The number of rotatable bonds is 5. The van der Waals surface area contributed by atoms with Crippen molar-refractivity contribution in [2.24, 2.45) is 0 Å². The number of hydrogen-bond donors (Lipinski definition) is 1. The average molecular weight is 196 g/mol. The Balaban J connectivity index is 2.07. The fourth-order valence-electron chi connectivity index (χ4n) is 1.72. The maximum atomic E-state index is 5.32. The van der Waals surface area contributed by atoms with Crippen LogP contribution < -0.4 is 5.32 Å². The molecule has 1 aliphatic rings. The van der Waals surface area contributed by atoms with Crippen LogP contribution >= 0.6 is 0 Å². The molecule has 1 saturated heterocycles. The summed E-state index contributed by atoms with van der Waals surface area (Å²) < 4.78 is 5.32. The summed E-state index contributed by atoms with van der Waals surface area (Å²) in [7, 11) is 2.17. The Hall–Kier alpha value is -0.560. The zero-order valence-corrected chi connectivity index (χ0v) is 8.96. The van der Waals surface area contributed by atoms with E-state index in [-0.39, 0.29) is 0 Å². The molecule has 3 heteroatoms. The quantitative estimate of drug-likeness (QED) is 0.506. The predicted octanol–water partition coefficient (Wildman–Crippen LogP) is 0.320. The molecule has 0 bridgehead atoms. The Kier molecular flexibility index (Phi) is 5.62. The lowest BCUT2D eigenvalue weighted by atomic mass is 10.1. The minimum absolute atomic E-state index is 0.668. The highest BCUT2D eigenvalue weighted by atomic mass is 16.5. The molecule has 1 rings (SSSR count). The summed E-state index contributed by atoms with van der Waals surface area (Å²) >= 11 is 0. The number of likely N-dealkylation sites (N-methyl/N-ethyl adjacent to an activating group) is 1. The molecule has 3 nitrogen and oxygen atoms in total. The minimum atomic E-state index is 0.668. The molecule has 1 heterocycles. The molecule has 0 radical (unpaired) electrons. The first-order chi connectivity index (χ1) is 6.84. The van der Waals surface area contributed by atoms with Crippen molar-refractivity contribution in [3.63, 3.8) is 0 Å². The molecule has 0 aromatic carbocycles. The van der Waals surface area contributed by atoms with Crippen molar-refractivity contribution in [1.29, 1.82) is 0 Å². The SMILES string of the molecule is C#CCNCCN(C)C1CCOCC1. The van der Waals surface area contributed by atoms with Gasteiger partial charge in [-0.1, -0.05) is 5.92 Å². The summed E-state index contributed by atoms with van der Waals surface area (Å²) in [5.74, 6) is 2.57. The Bertz CT molecular complexity index is 182. The third kappa shape index (κ3) is 4.10. The van der Waals surface area contributed by atoms with Crippen LogP contribution in [0.3, 0.4) is 0 Å². The maximum Gasteiger partial charge on any atom is 0.0574 e. The van der Waals surface area contributed by atoms with Crippen LogP contribution in [0.25, 0.3) is 0 Å². The molecule has 0 aliphatic carbocycles. The third-order valence-corrected chi connectivity index (χ3v) is 2.68. The van der Waals surface area contributed by atoms with Crippen LogP contribution in [0.4, 0.5) is 0 Å². The average Bonchev–Trinajstić information content (AvgIpc) is 2.25. The van der Waals surface area contributed by atoms with Gasteiger partial charge in [0, 0.05) is 32.3 Å². The number of hydrogen-bond acceptors (Lipinski definition) is 3. The molecule has 0 atom stereocenters. The van der Waals surface area contributed by atoms with Crippen molar-refractivity contribution in [2.75, 3.05) is 39.9 Å². The molecule has 0 aromatic rings. The summed E-state index contributed by atoms with van der Waals surface area (Å²) in [5.41, 5.74) is 0. The topological polar surface area (TPSA) is 24.5 Å². The van der Waals surface area contributed by atoms with Gasteiger partial charge in [-0.05, 0) is 19.9 Å². The van der Waals surface area contributed by atoms with Gasteiger partial charge < -0.3 is 15.0 Å². The van der Waals surface area contributed by atoms with Crippen molar-refractivity contribution >= 4 is 0 Å². The fourth-order valence-corrected chi connectivity index (χ4v) is 1.72. The van der Waals surface area contributed by atoms with Gasteiger partial charge in [0.25, 0.3) is 0 Å². The molecule has 1 fully saturated rings. The van der Waals surface area contributed by atoms with Crippen LogP contribution in [0.2, 0.25) is 0 Å². The van der Waals surface area contributed by atoms with Gasteiger partial charge in [0.05, 0.1) is 6.54 Å². The molecule has 0 saturated carbocycles. The number of nitrogens with zero attached hydrogens (tertiary/aromatic N) is 1. The molecule has 0 amide bonds. The highest BCUT2D eigenvalue weighted by molar-refractivity contribution is 4.86. The largest absolute Gasteiger partial charge is 0.381 e. The summed E-state index contributed by atoms with van der Waals surface area (Å²) in [6, 6.07) is 0.691. The molecule has 0 spiro atoms. The Morgan fingerprint density at radius 1 is 1.50 bits per heavy atom. The highest BCUT2D eigenvalue weighted by Crippen LogP contribution is 2.11. The van der Waals surface area contributed by atoms with E-state index in [0.717, 1.165) is 39.1 Å². The first-order valence-corrected chi connectivity index (χ1v) is 5.26. The molecule has 1 aliphatic heterocycles. The van der Waals surface area contributed by atoms with Gasteiger partial charge in [0.15, 0.2) is 0 Å². The molecular weight excluding hydrogens is 176 g/mol. The van der Waals surface area contributed by atoms with E-state index in [4.69, 9.17) is 11.2 Å². The lowest BCUT2D eigenvalue weighted by Gasteiger charge is -2.31. The van der Waals surface area contributed by atoms with E-state index >= 15 is 0 Å². The van der Waals surface area contributed by atoms with E-state index in [1.165, 1.54) is 0 Å². The van der Waals surface area contributed by atoms with Gasteiger partial charge in [0.1, 0.15) is 0 Å². The molecule has 14 heavy (non-hydrogen) atoms. The number of ether oxygens (including phenoxy) is 1.